The van der Waals surface area contributed by atoms with Crippen molar-refractivity contribution in [1.82, 2.24) is 4.98 Å². The summed E-state index contributed by atoms with van der Waals surface area (Å²) in [5.74, 6) is -0.691. The van der Waals surface area contributed by atoms with E-state index in [1.807, 2.05) is 6.07 Å². The lowest BCUT2D eigenvalue weighted by Crippen LogP contribution is -2.13. The number of ether oxygens (including phenoxy) is 1. The molecule has 0 saturated carbocycles. The third-order valence-electron chi connectivity index (χ3n) is 3.21. The predicted octanol–water partition coefficient (Wildman–Crippen LogP) is 2.69. The number of nitrogens with zero attached hydrogens (tertiary/aromatic N) is 2. The number of nitriles is 1. The van der Waals surface area contributed by atoms with Crippen molar-refractivity contribution < 1.29 is 9.53 Å². The number of benzene rings is 1. The van der Waals surface area contributed by atoms with Crippen LogP contribution in [0.2, 0.25) is 0 Å². The number of fused-ring (bicyclic) bond motifs is 1. The summed E-state index contributed by atoms with van der Waals surface area (Å²) in [5.41, 5.74) is 0.639. The van der Waals surface area contributed by atoms with Crippen LogP contribution < -0.4 is 10.2 Å². The second kappa shape index (κ2) is 6.08. The molecule has 0 saturated heterocycles. The molecule has 5 heteroatoms. The van der Waals surface area contributed by atoms with Crippen molar-refractivity contribution in [2.45, 2.75) is 0 Å². The number of hydrogen-bond donors (Lipinski definition) is 0. The average Bonchev–Trinajstić information content (AvgIpc) is 2.74. The SMILES string of the molecule is N#Cc1ccc2cc(OC(=O)c3ccccc3)c(=O)ccc2n1. The highest BCUT2D eigenvalue weighted by Gasteiger charge is 2.10. The molecule has 0 atom stereocenters. The third-order valence-corrected chi connectivity index (χ3v) is 3.21. The molecule has 0 aliphatic heterocycles. The average molecular weight is 302 g/mol. The molecule has 0 bridgehead atoms. The number of aromatic nitrogens is 1. The van der Waals surface area contributed by atoms with Crippen molar-refractivity contribution in [3.63, 3.8) is 0 Å². The first-order valence-electron chi connectivity index (χ1n) is 6.80. The molecule has 0 N–H and O–H groups in total. The van der Waals surface area contributed by atoms with Gasteiger partial charge >= 0.3 is 5.97 Å². The van der Waals surface area contributed by atoms with Crippen molar-refractivity contribution in [3.8, 4) is 11.8 Å². The Morgan fingerprint density at radius 1 is 1.04 bits per heavy atom. The van der Waals surface area contributed by atoms with Crippen LogP contribution in [0.25, 0.3) is 10.9 Å². The lowest BCUT2D eigenvalue weighted by Gasteiger charge is -2.01. The maximum absolute atomic E-state index is 12.1. The highest BCUT2D eigenvalue weighted by molar-refractivity contribution is 5.91. The van der Waals surface area contributed by atoms with E-state index in [0.29, 0.717) is 16.5 Å². The van der Waals surface area contributed by atoms with E-state index in [1.165, 1.54) is 24.3 Å². The van der Waals surface area contributed by atoms with Gasteiger partial charge in [-0.3, -0.25) is 4.79 Å². The second-order valence-corrected chi connectivity index (χ2v) is 4.74. The molecule has 0 aliphatic rings. The van der Waals surface area contributed by atoms with Crippen molar-refractivity contribution in [2.75, 3.05) is 0 Å². The van der Waals surface area contributed by atoms with E-state index in [9.17, 15) is 9.59 Å². The molecule has 1 aromatic heterocycles. The van der Waals surface area contributed by atoms with E-state index < -0.39 is 11.4 Å². The summed E-state index contributed by atoms with van der Waals surface area (Å²) in [6, 6.07) is 17.8. The number of carbonyl (C=O) groups excluding carboxylic acids is 1. The smallest absolute Gasteiger partial charge is 0.343 e. The van der Waals surface area contributed by atoms with Crippen molar-refractivity contribution in [1.29, 1.82) is 5.26 Å². The molecule has 0 aliphatic carbocycles. The zero-order valence-corrected chi connectivity index (χ0v) is 11.9. The molecule has 0 amide bonds. The summed E-state index contributed by atoms with van der Waals surface area (Å²) < 4.78 is 5.21. The van der Waals surface area contributed by atoms with Gasteiger partial charge in [0.05, 0.1) is 11.1 Å². The molecule has 110 valence electrons. The van der Waals surface area contributed by atoms with Crippen molar-refractivity contribution in [2.24, 2.45) is 0 Å². The van der Waals surface area contributed by atoms with Crippen LogP contribution >= 0.6 is 0 Å². The summed E-state index contributed by atoms with van der Waals surface area (Å²) in [6.45, 7) is 0. The predicted molar refractivity (Wildman–Crippen MR) is 84.1 cm³/mol. The minimum Gasteiger partial charge on any atom is -0.419 e. The summed E-state index contributed by atoms with van der Waals surface area (Å²) in [6.07, 6.45) is 0. The Morgan fingerprint density at radius 2 is 1.83 bits per heavy atom. The fourth-order valence-electron chi connectivity index (χ4n) is 2.07. The first kappa shape index (κ1) is 14.4. The first-order chi connectivity index (χ1) is 11.2. The third kappa shape index (κ3) is 3.06. The summed E-state index contributed by atoms with van der Waals surface area (Å²) in [5, 5.41) is 9.47. The van der Waals surface area contributed by atoms with E-state index >= 15 is 0 Å². The van der Waals surface area contributed by atoms with E-state index in [-0.39, 0.29) is 11.4 Å². The summed E-state index contributed by atoms with van der Waals surface area (Å²) in [4.78, 5) is 28.3. The number of pyridine rings is 1. The standard InChI is InChI=1S/C18H10N2O3/c19-11-14-7-6-13-10-17(16(21)9-8-15(13)20-14)23-18(22)12-4-2-1-3-5-12/h1-10H. The maximum atomic E-state index is 12.1. The maximum Gasteiger partial charge on any atom is 0.343 e. The van der Waals surface area contributed by atoms with Gasteiger partial charge in [0.2, 0.25) is 5.43 Å². The zero-order chi connectivity index (χ0) is 16.2. The first-order valence-corrected chi connectivity index (χ1v) is 6.80. The molecule has 3 aromatic rings. The highest BCUT2D eigenvalue weighted by atomic mass is 16.5. The van der Waals surface area contributed by atoms with Gasteiger partial charge in [-0.05, 0) is 42.5 Å². The van der Waals surface area contributed by atoms with Gasteiger partial charge in [-0.2, -0.15) is 5.26 Å². The molecular weight excluding hydrogens is 292 g/mol. The Labute approximate surface area is 131 Å². The molecule has 0 fully saturated rings. The van der Waals surface area contributed by atoms with Gasteiger partial charge in [0.1, 0.15) is 11.8 Å². The van der Waals surface area contributed by atoms with Crippen LogP contribution in [0.4, 0.5) is 0 Å². The highest BCUT2D eigenvalue weighted by Crippen LogP contribution is 2.16. The summed E-state index contributed by atoms with van der Waals surface area (Å²) >= 11 is 0. The topological polar surface area (TPSA) is 80.0 Å². The van der Waals surface area contributed by atoms with Crippen LogP contribution in [-0.4, -0.2) is 11.0 Å². The Kier molecular flexibility index (Phi) is 3.81. The minimum atomic E-state index is -0.608. The second-order valence-electron chi connectivity index (χ2n) is 4.74. The molecule has 3 rings (SSSR count). The van der Waals surface area contributed by atoms with Gasteiger partial charge in [0.25, 0.3) is 0 Å². The lowest BCUT2D eigenvalue weighted by molar-refractivity contribution is 0.0733. The van der Waals surface area contributed by atoms with Gasteiger partial charge in [0, 0.05) is 5.39 Å². The molecule has 0 unspecified atom stereocenters. The molecule has 1 heterocycles. The fraction of sp³-hybridized carbons (Fsp3) is 0. The lowest BCUT2D eigenvalue weighted by atomic mass is 10.2. The number of esters is 1. The van der Waals surface area contributed by atoms with E-state index in [4.69, 9.17) is 10.00 Å². The van der Waals surface area contributed by atoms with Crippen LogP contribution in [0.15, 0.2) is 65.5 Å². The van der Waals surface area contributed by atoms with Crippen molar-refractivity contribution in [3.05, 3.63) is 82.1 Å². The van der Waals surface area contributed by atoms with E-state index in [0.717, 1.165) is 0 Å². The number of hydrogen-bond acceptors (Lipinski definition) is 5. The largest absolute Gasteiger partial charge is 0.419 e. The zero-order valence-electron chi connectivity index (χ0n) is 11.9. The Hall–Kier alpha value is -3.52. The molecule has 0 radical (unpaired) electrons. The number of carbonyl (C=O) groups is 1. The van der Waals surface area contributed by atoms with Crippen LogP contribution in [0, 0.1) is 11.3 Å². The Balaban J connectivity index is 2.05. The molecular formula is C18H10N2O3. The monoisotopic (exact) mass is 302 g/mol. The van der Waals surface area contributed by atoms with Crippen molar-refractivity contribution >= 4 is 16.9 Å². The van der Waals surface area contributed by atoms with Gasteiger partial charge in [0.15, 0.2) is 5.75 Å². The normalized spacial score (nSPS) is 10.0. The summed E-state index contributed by atoms with van der Waals surface area (Å²) in [7, 11) is 0. The molecule has 0 spiro atoms. The van der Waals surface area contributed by atoms with Crippen LogP contribution in [0.3, 0.4) is 0 Å². The van der Waals surface area contributed by atoms with Gasteiger partial charge < -0.3 is 4.74 Å². The number of rotatable bonds is 2. The molecule has 23 heavy (non-hydrogen) atoms. The molecule has 5 nitrogen and oxygen atoms in total. The quantitative estimate of drug-likeness (QED) is 0.680. The Bertz CT molecular complexity index is 992. The van der Waals surface area contributed by atoms with Gasteiger partial charge in [-0.25, -0.2) is 9.78 Å². The van der Waals surface area contributed by atoms with Gasteiger partial charge in [-0.15, -0.1) is 0 Å². The molecule has 2 aromatic carbocycles. The van der Waals surface area contributed by atoms with Crippen LogP contribution in [0.5, 0.6) is 5.75 Å². The van der Waals surface area contributed by atoms with E-state index in [2.05, 4.69) is 4.98 Å². The fourth-order valence-corrected chi connectivity index (χ4v) is 2.07. The minimum absolute atomic E-state index is 0.0830. The van der Waals surface area contributed by atoms with Crippen LogP contribution in [0.1, 0.15) is 16.1 Å². The van der Waals surface area contributed by atoms with E-state index in [1.54, 1.807) is 36.4 Å². The van der Waals surface area contributed by atoms with Crippen LogP contribution in [-0.2, 0) is 0 Å². The Morgan fingerprint density at radius 3 is 2.57 bits per heavy atom. The van der Waals surface area contributed by atoms with Gasteiger partial charge in [-0.1, -0.05) is 18.2 Å².